The minimum Gasteiger partial charge on any atom is -0.340 e. The zero-order valence-corrected chi connectivity index (χ0v) is 18.2. The fourth-order valence-electron chi connectivity index (χ4n) is 3.57. The number of H-pyrrole nitrogens is 1. The van der Waals surface area contributed by atoms with Gasteiger partial charge < -0.3 is 4.90 Å². The van der Waals surface area contributed by atoms with Crippen LogP contribution in [0.2, 0.25) is 0 Å². The van der Waals surface area contributed by atoms with Crippen LogP contribution in [0.3, 0.4) is 0 Å². The van der Waals surface area contributed by atoms with Crippen molar-refractivity contribution >= 4 is 17.7 Å². The van der Waals surface area contributed by atoms with E-state index in [1.807, 2.05) is 26.0 Å². The largest absolute Gasteiger partial charge is 0.340 e. The first-order valence-corrected chi connectivity index (χ1v) is 11.1. The third-order valence-electron chi connectivity index (χ3n) is 5.01. The zero-order chi connectivity index (χ0) is 20.9. The van der Waals surface area contributed by atoms with E-state index in [-0.39, 0.29) is 5.56 Å². The Morgan fingerprint density at radius 3 is 2.37 bits per heavy atom. The van der Waals surface area contributed by atoms with Crippen molar-refractivity contribution in [1.29, 1.82) is 0 Å². The maximum absolute atomic E-state index is 12.2. The highest BCUT2D eigenvalue weighted by molar-refractivity contribution is 7.98. The number of aryl methyl sites for hydroxylation is 2. The summed E-state index contributed by atoms with van der Waals surface area (Å²) in [4.78, 5) is 33.3. The average molecular weight is 423 g/mol. The molecule has 1 aliphatic heterocycles. The second kappa shape index (κ2) is 9.40. The average Bonchev–Trinajstić information content (AvgIpc) is 2.73. The Morgan fingerprint density at radius 2 is 1.67 bits per heavy atom. The van der Waals surface area contributed by atoms with Gasteiger partial charge in [-0.05, 0) is 25.5 Å². The summed E-state index contributed by atoms with van der Waals surface area (Å²) in [5.41, 5.74) is 3.83. The molecule has 0 bridgehead atoms. The van der Waals surface area contributed by atoms with Crippen molar-refractivity contribution in [2.24, 2.45) is 0 Å². The van der Waals surface area contributed by atoms with E-state index in [0.29, 0.717) is 16.9 Å². The molecule has 3 heterocycles. The number of aromatic amines is 1. The van der Waals surface area contributed by atoms with Crippen molar-refractivity contribution in [2.45, 2.75) is 31.3 Å². The molecule has 1 aliphatic rings. The highest BCUT2D eigenvalue weighted by atomic mass is 32.2. The van der Waals surface area contributed by atoms with Gasteiger partial charge in [-0.25, -0.2) is 15.0 Å². The van der Waals surface area contributed by atoms with Crippen LogP contribution in [0.25, 0.3) is 0 Å². The van der Waals surface area contributed by atoms with Gasteiger partial charge >= 0.3 is 0 Å². The number of rotatable bonds is 6. The van der Waals surface area contributed by atoms with Crippen molar-refractivity contribution < 1.29 is 0 Å². The molecule has 1 N–H and O–H groups in total. The van der Waals surface area contributed by atoms with E-state index in [9.17, 15) is 4.79 Å². The summed E-state index contributed by atoms with van der Waals surface area (Å²) >= 11 is 1.50. The van der Waals surface area contributed by atoms with Crippen LogP contribution in [0.4, 0.5) is 5.95 Å². The lowest BCUT2D eigenvalue weighted by molar-refractivity contribution is 0.248. The van der Waals surface area contributed by atoms with Crippen LogP contribution in [0, 0.1) is 13.8 Å². The van der Waals surface area contributed by atoms with Gasteiger partial charge in [0.25, 0.3) is 5.56 Å². The van der Waals surface area contributed by atoms with Crippen LogP contribution in [-0.4, -0.2) is 51.0 Å². The fourth-order valence-corrected chi connectivity index (χ4v) is 4.42. The van der Waals surface area contributed by atoms with Gasteiger partial charge in [0.1, 0.15) is 0 Å². The molecule has 8 heteroatoms. The molecule has 0 radical (unpaired) electrons. The van der Waals surface area contributed by atoms with E-state index >= 15 is 0 Å². The molecule has 30 heavy (non-hydrogen) atoms. The number of benzene rings is 1. The molecule has 0 spiro atoms. The molecule has 0 atom stereocenters. The maximum atomic E-state index is 12.2. The molecule has 0 amide bonds. The number of hydrogen-bond donors (Lipinski definition) is 1. The topological polar surface area (TPSA) is 78.0 Å². The van der Waals surface area contributed by atoms with Crippen LogP contribution in [0.5, 0.6) is 0 Å². The minimum atomic E-state index is -0.122. The number of nitrogens with zero attached hydrogens (tertiary/aromatic N) is 5. The molecule has 2 aromatic heterocycles. The smallest absolute Gasteiger partial charge is 0.252 e. The van der Waals surface area contributed by atoms with Crippen LogP contribution < -0.4 is 10.5 Å². The number of nitrogens with one attached hydrogen (secondary N) is 1. The predicted molar refractivity (Wildman–Crippen MR) is 120 cm³/mol. The fraction of sp³-hybridized carbons (Fsp3) is 0.364. The molecule has 156 valence electrons. The molecule has 0 aliphatic carbocycles. The summed E-state index contributed by atoms with van der Waals surface area (Å²) in [6, 6.07) is 14.0. The van der Waals surface area contributed by atoms with Gasteiger partial charge in [-0.3, -0.25) is 14.7 Å². The van der Waals surface area contributed by atoms with Crippen LogP contribution in [-0.2, 0) is 12.3 Å². The number of piperazine rings is 1. The Kier molecular flexibility index (Phi) is 6.44. The first-order chi connectivity index (χ1) is 14.5. The number of anilines is 1. The van der Waals surface area contributed by atoms with E-state index in [1.165, 1.54) is 17.3 Å². The maximum Gasteiger partial charge on any atom is 0.252 e. The summed E-state index contributed by atoms with van der Waals surface area (Å²) in [5, 5.41) is 0.714. The highest BCUT2D eigenvalue weighted by Gasteiger charge is 2.19. The molecular formula is C22H26N6OS. The number of aromatic nitrogens is 4. The summed E-state index contributed by atoms with van der Waals surface area (Å²) in [5.74, 6) is 1.21. The lowest BCUT2D eigenvalue weighted by Crippen LogP contribution is -2.47. The summed E-state index contributed by atoms with van der Waals surface area (Å²) in [7, 11) is 0. The Balaban J connectivity index is 1.38. The molecule has 0 saturated carbocycles. The van der Waals surface area contributed by atoms with Crippen molar-refractivity contribution in [2.75, 3.05) is 31.1 Å². The van der Waals surface area contributed by atoms with Gasteiger partial charge in [0.05, 0.1) is 5.69 Å². The first-order valence-electron chi connectivity index (χ1n) is 10.1. The molecular weight excluding hydrogens is 396 g/mol. The summed E-state index contributed by atoms with van der Waals surface area (Å²) in [6.45, 7) is 8.42. The van der Waals surface area contributed by atoms with Gasteiger partial charge in [0.15, 0.2) is 5.16 Å². The third kappa shape index (κ3) is 5.46. The van der Waals surface area contributed by atoms with Crippen LogP contribution in [0.1, 0.15) is 22.6 Å². The summed E-state index contributed by atoms with van der Waals surface area (Å²) < 4.78 is 0. The molecule has 0 unspecified atom stereocenters. The van der Waals surface area contributed by atoms with Crippen molar-refractivity contribution in [1.82, 2.24) is 24.8 Å². The first kappa shape index (κ1) is 20.6. The molecule has 7 nitrogen and oxygen atoms in total. The second-order valence-electron chi connectivity index (χ2n) is 7.53. The van der Waals surface area contributed by atoms with E-state index < -0.39 is 0 Å². The Hall–Kier alpha value is -2.71. The van der Waals surface area contributed by atoms with Gasteiger partial charge in [-0.15, -0.1) is 0 Å². The highest BCUT2D eigenvalue weighted by Crippen LogP contribution is 2.20. The third-order valence-corrected chi connectivity index (χ3v) is 5.89. The molecule has 1 fully saturated rings. The van der Waals surface area contributed by atoms with Gasteiger partial charge in [0.2, 0.25) is 5.95 Å². The quantitative estimate of drug-likeness (QED) is 0.483. The Morgan fingerprint density at radius 1 is 0.967 bits per heavy atom. The zero-order valence-electron chi connectivity index (χ0n) is 17.3. The minimum absolute atomic E-state index is 0.122. The molecule has 1 saturated heterocycles. The van der Waals surface area contributed by atoms with E-state index in [1.54, 1.807) is 6.07 Å². The number of hydrogen-bond acceptors (Lipinski definition) is 7. The van der Waals surface area contributed by atoms with Gasteiger partial charge in [-0.1, -0.05) is 42.1 Å². The Labute approximate surface area is 180 Å². The SMILES string of the molecule is Cc1cc(C)nc(SCc2cc(=O)[nH]c(N3CCN(Cc4ccccc4)CC3)n2)n1. The van der Waals surface area contributed by atoms with Crippen molar-refractivity contribution in [3.8, 4) is 0 Å². The molecule has 4 rings (SSSR count). The van der Waals surface area contributed by atoms with E-state index in [2.05, 4.69) is 49.0 Å². The lowest BCUT2D eigenvalue weighted by Gasteiger charge is -2.35. The molecule has 3 aromatic rings. The normalized spacial score (nSPS) is 14.8. The monoisotopic (exact) mass is 422 g/mol. The van der Waals surface area contributed by atoms with Crippen LogP contribution in [0.15, 0.2) is 52.4 Å². The van der Waals surface area contributed by atoms with Gasteiger partial charge in [-0.2, -0.15) is 0 Å². The standard InChI is InChI=1S/C22H26N6OS/c1-16-12-17(2)24-22(23-16)30-15-19-13-20(29)26-21(25-19)28-10-8-27(9-11-28)14-18-6-4-3-5-7-18/h3-7,12-13H,8-11,14-15H2,1-2H3,(H,25,26,29). The van der Waals surface area contributed by atoms with Crippen molar-refractivity contribution in [3.05, 3.63) is 75.5 Å². The van der Waals surface area contributed by atoms with Gasteiger partial charge in [0, 0.05) is 55.9 Å². The van der Waals surface area contributed by atoms with E-state index in [4.69, 9.17) is 4.98 Å². The second-order valence-corrected chi connectivity index (χ2v) is 8.47. The summed E-state index contributed by atoms with van der Waals surface area (Å²) in [6.07, 6.45) is 0. The number of thioether (sulfide) groups is 1. The predicted octanol–water partition coefficient (Wildman–Crippen LogP) is 2.79. The van der Waals surface area contributed by atoms with Crippen molar-refractivity contribution in [3.63, 3.8) is 0 Å². The van der Waals surface area contributed by atoms with E-state index in [0.717, 1.165) is 49.8 Å². The molecule has 1 aromatic carbocycles. The van der Waals surface area contributed by atoms with Crippen LogP contribution >= 0.6 is 11.8 Å². The lowest BCUT2D eigenvalue weighted by atomic mass is 10.2. The Bertz CT molecular complexity index is 1030.